The lowest BCUT2D eigenvalue weighted by Crippen LogP contribution is -2.17. The fraction of sp³-hybridized carbons (Fsp3) is 0.583. The highest BCUT2D eigenvalue weighted by Gasteiger charge is 2.36. The molecule has 0 aliphatic heterocycles. The van der Waals surface area contributed by atoms with E-state index in [9.17, 15) is 4.79 Å². The summed E-state index contributed by atoms with van der Waals surface area (Å²) in [5.41, 5.74) is 0. The Balaban J connectivity index is 1.87. The molecule has 15 heavy (non-hydrogen) atoms. The van der Waals surface area contributed by atoms with Gasteiger partial charge < -0.3 is 9.73 Å². The summed E-state index contributed by atoms with van der Waals surface area (Å²) in [5, 5.41) is 2.60. The van der Waals surface area contributed by atoms with Crippen molar-refractivity contribution in [2.45, 2.75) is 32.1 Å². The Morgan fingerprint density at radius 1 is 1.60 bits per heavy atom. The van der Waals surface area contributed by atoms with Gasteiger partial charge in [0.2, 0.25) is 5.91 Å². The Labute approximate surface area is 89.9 Å². The number of rotatable bonds is 4. The van der Waals surface area contributed by atoms with Crippen molar-refractivity contribution < 1.29 is 9.21 Å². The number of nitrogens with one attached hydrogen (secondary N) is 1. The highest BCUT2D eigenvalue weighted by molar-refractivity contribution is 5.75. The third kappa shape index (κ3) is 2.41. The third-order valence-corrected chi connectivity index (χ3v) is 3.03. The highest BCUT2D eigenvalue weighted by Crippen LogP contribution is 2.47. The molecule has 1 saturated carbocycles. The zero-order valence-corrected chi connectivity index (χ0v) is 9.25. The maximum atomic E-state index is 11.0. The minimum absolute atomic E-state index is 0.0627. The molecule has 0 bridgehead atoms. The maximum absolute atomic E-state index is 11.0. The zero-order chi connectivity index (χ0) is 10.8. The van der Waals surface area contributed by atoms with Gasteiger partial charge in [-0.1, -0.05) is 6.92 Å². The van der Waals surface area contributed by atoms with Gasteiger partial charge in [-0.3, -0.25) is 4.79 Å². The van der Waals surface area contributed by atoms with Crippen LogP contribution < -0.4 is 5.32 Å². The molecular formula is C12H17NO2. The highest BCUT2D eigenvalue weighted by atomic mass is 16.3. The maximum Gasteiger partial charge on any atom is 0.220 e. The Hall–Kier alpha value is -1.25. The number of aryl methyl sites for hydroxylation is 1. The van der Waals surface area contributed by atoms with E-state index in [2.05, 4.69) is 12.2 Å². The second-order valence-electron chi connectivity index (χ2n) is 4.30. The molecular weight excluding hydrogens is 190 g/mol. The van der Waals surface area contributed by atoms with E-state index in [4.69, 9.17) is 4.42 Å². The van der Waals surface area contributed by atoms with Gasteiger partial charge in [0.15, 0.2) is 0 Å². The van der Waals surface area contributed by atoms with Crippen LogP contribution in [0.5, 0.6) is 0 Å². The molecule has 2 atom stereocenters. The van der Waals surface area contributed by atoms with Crippen LogP contribution in [0, 0.1) is 5.92 Å². The fourth-order valence-corrected chi connectivity index (χ4v) is 1.81. The predicted octanol–water partition coefficient (Wildman–Crippen LogP) is 2.08. The number of hydrogen-bond acceptors (Lipinski definition) is 2. The van der Waals surface area contributed by atoms with Gasteiger partial charge in [-0.05, 0) is 24.5 Å². The van der Waals surface area contributed by atoms with E-state index in [-0.39, 0.29) is 5.91 Å². The summed E-state index contributed by atoms with van der Waals surface area (Å²) in [6.45, 7) is 2.23. The molecule has 3 heteroatoms. The number of amides is 1. The minimum atomic E-state index is 0.0627. The molecule has 3 nitrogen and oxygen atoms in total. The molecule has 2 rings (SSSR count). The van der Waals surface area contributed by atoms with E-state index in [1.54, 1.807) is 7.05 Å². The Morgan fingerprint density at radius 3 is 2.93 bits per heavy atom. The number of carbonyl (C=O) groups excluding carboxylic acids is 1. The van der Waals surface area contributed by atoms with Crippen molar-refractivity contribution in [2.24, 2.45) is 5.92 Å². The van der Waals surface area contributed by atoms with E-state index in [1.165, 1.54) is 6.42 Å². The Kier molecular flexibility index (Phi) is 2.80. The summed E-state index contributed by atoms with van der Waals surface area (Å²) in [6.07, 6.45) is 2.44. The van der Waals surface area contributed by atoms with E-state index < -0.39 is 0 Å². The molecule has 1 heterocycles. The first-order valence-corrected chi connectivity index (χ1v) is 5.50. The summed E-state index contributed by atoms with van der Waals surface area (Å²) in [7, 11) is 1.65. The van der Waals surface area contributed by atoms with Crippen molar-refractivity contribution in [3.05, 3.63) is 23.7 Å². The molecule has 1 aromatic heterocycles. The van der Waals surface area contributed by atoms with E-state index in [0.717, 1.165) is 17.4 Å². The molecule has 82 valence electrons. The smallest absolute Gasteiger partial charge is 0.220 e. The van der Waals surface area contributed by atoms with Crippen molar-refractivity contribution in [3.8, 4) is 0 Å². The van der Waals surface area contributed by atoms with Crippen molar-refractivity contribution in [1.29, 1.82) is 0 Å². The first-order chi connectivity index (χ1) is 7.20. The monoisotopic (exact) mass is 207 g/mol. The van der Waals surface area contributed by atoms with Gasteiger partial charge in [-0.2, -0.15) is 0 Å². The average molecular weight is 207 g/mol. The van der Waals surface area contributed by atoms with Gasteiger partial charge in [0.05, 0.1) is 0 Å². The molecule has 0 aromatic carbocycles. The Bertz CT molecular complexity index is 356. The van der Waals surface area contributed by atoms with Gasteiger partial charge in [0.25, 0.3) is 0 Å². The summed E-state index contributed by atoms with van der Waals surface area (Å²) in [6, 6.07) is 4.04. The van der Waals surface area contributed by atoms with Crippen LogP contribution in [0.25, 0.3) is 0 Å². The molecule has 0 saturated heterocycles. The summed E-state index contributed by atoms with van der Waals surface area (Å²) < 4.78 is 5.69. The molecule has 0 radical (unpaired) electrons. The van der Waals surface area contributed by atoms with Crippen LogP contribution in [0.2, 0.25) is 0 Å². The van der Waals surface area contributed by atoms with Gasteiger partial charge in [-0.25, -0.2) is 0 Å². The van der Waals surface area contributed by atoms with Gasteiger partial charge in [-0.15, -0.1) is 0 Å². The van der Waals surface area contributed by atoms with E-state index >= 15 is 0 Å². The lowest BCUT2D eigenvalue weighted by Gasteiger charge is -1.97. The second-order valence-corrected chi connectivity index (χ2v) is 4.30. The molecule has 1 aliphatic rings. The first-order valence-electron chi connectivity index (χ1n) is 5.50. The topological polar surface area (TPSA) is 42.2 Å². The second kappa shape index (κ2) is 4.09. The fourth-order valence-electron chi connectivity index (χ4n) is 1.81. The number of furan rings is 1. The zero-order valence-electron chi connectivity index (χ0n) is 9.25. The van der Waals surface area contributed by atoms with Crippen molar-refractivity contribution in [1.82, 2.24) is 5.32 Å². The van der Waals surface area contributed by atoms with E-state index in [0.29, 0.717) is 18.8 Å². The Morgan fingerprint density at radius 2 is 2.33 bits per heavy atom. The number of carbonyl (C=O) groups is 1. The number of hydrogen-bond donors (Lipinski definition) is 1. The molecule has 1 N–H and O–H groups in total. The van der Waals surface area contributed by atoms with Gasteiger partial charge in [0, 0.05) is 25.8 Å². The van der Waals surface area contributed by atoms with Crippen LogP contribution in [0.4, 0.5) is 0 Å². The molecule has 1 aliphatic carbocycles. The standard InChI is InChI=1S/C12H17NO2/c1-8-7-10(8)11-5-3-9(15-11)4-6-12(14)13-2/h3,5,8,10H,4,6-7H2,1-2H3,(H,13,14). The van der Waals surface area contributed by atoms with E-state index in [1.807, 2.05) is 12.1 Å². The normalized spacial score (nSPS) is 23.9. The predicted molar refractivity (Wildman–Crippen MR) is 57.6 cm³/mol. The molecule has 1 amide bonds. The molecule has 0 spiro atoms. The molecule has 1 aromatic rings. The van der Waals surface area contributed by atoms with Crippen molar-refractivity contribution in [3.63, 3.8) is 0 Å². The summed E-state index contributed by atoms with van der Waals surface area (Å²) in [4.78, 5) is 11.0. The third-order valence-electron chi connectivity index (χ3n) is 3.03. The molecule has 2 unspecified atom stereocenters. The largest absolute Gasteiger partial charge is 0.466 e. The van der Waals surface area contributed by atoms with Crippen LogP contribution >= 0.6 is 0 Å². The summed E-state index contributed by atoms with van der Waals surface area (Å²) in [5.74, 6) is 3.47. The van der Waals surface area contributed by atoms with Crippen molar-refractivity contribution in [2.75, 3.05) is 7.05 Å². The van der Waals surface area contributed by atoms with Crippen LogP contribution in [0.1, 0.15) is 37.2 Å². The first kappa shape index (κ1) is 10.3. The van der Waals surface area contributed by atoms with Crippen LogP contribution in [0.3, 0.4) is 0 Å². The SMILES string of the molecule is CNC(=O)CCc1ccc(C2CC2C)o1. The van der Waals surface area contributed by atoms with Crippen molar-refractivity contribution >= 4 is 5.91 Å². The summed E-state index contributed by atoms with van der Waals surface area (Å²) >= 11 is 0. The minimum Gasteiger partial charge on any atom is -0.466 e. The lowest BCUT2D eigenvalue weighted by atomic mass is 10.2. The quantitative estimate of drug-likeness (QED) is 0.821. The van der Waals surface area contributed by atoms with Gasteiger partial charge in [0.1, 0.15) is 11.5 Å². The van der Waals surface area contributed by atoms with Crippen LogP contribution in [-0.4, -0.2) is 13.0 Å². The average Bonchev–Trinajstić information content (AvgIpc) is 2.80. The van der Waals surface area contributed by atoms with Gasteiger partial charge >= 0.3 is 0 Å². The molecule has 1 fully saturated rings. The van der Waals surface area contributed by atoms with Crippen LogP contribution in [0.15, 0.2) is 16.5 Å². The lowest BCUT2D eigenvalue weighted by molar-refractivity contribution is -0.120. The van der Waals surface area contributed by atoms with Crippen LogP contribution in [-0.2, 0) is 11.2 Å².